The molecular weight excluding hydrogens is 124 g/mol. The average molecular weight is 138 g/mol. The summed E-state index contributed by atoms with van der Waals surface area (Å²) in [6, 6.07) is 0. The zero-order chi connectivity index (χ0) is 7.72. The maximum Gasteiger partial charge on any atom is 0.0400 e. The molecule has 0 saturated carbocycles. The second-order valence-corrected chi connectivity index (χ2v) is 2.92. The van der Waals surface area contributed by atoms with Gasteiger partial charge in [0.25, 0.3) is 0 Å². The standard InChI is InChI=1S/C8H14N2/c1-6-4-10(3)5-7(2)8(6)9/h4H,5,9H2,1-3H3. The van der Waals surface area contributed by atoms with Gasteiger partial charge in [0.1, 0.15) is 0 Å². The molecule has 0 unspecified atom stereocenters. The molecule has 1 rings (SSSR count). The molecule has 0 aromatic carbocycles. The maximum atomic E-state index is 5.77. The van der Waals surface area contributed by atoms with E-state index in [0.29, 0.717) is 0 Å². The van der Waals surface area contributed by atoms with E-state index in [4.69, 9.17) is 5.73 Å². The third kappa shape index (κ3) is 1.15. The van der Waals surface area contributed by atoms with Crippen LogP contribution < -0.4 is 5.73 Å². The van der Waals surface area contributed by atoms with Crippen LogP contribution in [0.2, 0.25) is 0 Å². The quantitative estimate of drug-likeness (QED) is 0.542. The minimum absolute atomic E-state index is 0.957. The lowest BCUT2D eigenvalue weighted by molar-refractivity contribution is 0.481. The summed E-state index contributed by atoms with van der Waals surface area (Å²) in [6.07, 6.45) is 2.07. The number of hydrogen-bond acceptors (Lipinski definition) is 2. The van der Waals surface area contributed by atoms with E-state index >= 15 is 0 Å². The Morgan fingerprint density at radius 3 is 2.60 bits per heavy atom. The summed E-state index contributed by atoms with van der Waals surface area (Å²) in [5.74, 6) is 0. The number of rotatable bonds is 0. The van der Waals surface area contributed by atoms with E-state index in [0.717, 1.165) is 12.2 Å². The molecule has 0 amide bonds. The third-order valence-corrected chi connectivity index (χ3v) is 1.79. The lowest BCUT2D eigenvalue weighted by Gasteiger charge is -2.22. The van der Waals surface area contributed by atoms with Crippen molar-refractivity contribution in [3.8, 4) is 0 Å². The van der Waals surface area contributed by atoms with E-state index in [2.05, 4.69) is 25.1 Å². The van der Waals surface area contributed by atoms with Crippen LogP contribution in [-0.2, 0) is 0 Å². The van der Waals surface area contributed by atoms with Crippen LogP contribution in [-0.4, -0.2) is 18.5 Å². The average Bonchev–Trinajstić information content (AvgIpc) is 1.82. The molecule has 0 aromatic rings. The Kier molecular flexibility index (Phi) is 1.70. The van der Waals surface area contributed by atoms with E-state index in [1.165, 1.54) is 11.1 Å². The molecular formula is C8H14N2. The molecule has 1 aliphatic heterocycles. The van der Waals surface area contributed by atoms with Crippen molar-refractivity contribution in [1.29, 1.82) is 0 Å². The highest BCUT2D eigenvalue weighted by Crippen LogP contribution is 2.15. The van der Waals surface area contributed by atoms with Crippen molar-refractivity contribution in [1.82, 2.24) is 4.90 Å². The molecule has 0 spiro atoms. The molecule has 0 saturated heterocycles. The number of allylic oxidation sites excluding steroid dienone is 1. The molecule has 2 heteroatoms. The van der Waals surface area contributed by atoms with E-state index in [1.807, 2.05) is 6.92 Å². The first-order chi connectivity index (χ1) is 4.61. The van der Waals surface area contributed by atoms with Gasteiger partial charge >= 0.3 is 0 Å². The molecule has 0 bridgehead atoms. The third-order valence-electron chi connectivity index (χ3n) is 1.79. The highest BCUT2D eigenvalue weighted by atomic mass is 15.1. The minimum Gasteiger partial charge on any atom is -0.398 e. The van der Waals surface area contributed by atoms with Crippen molar-refractivity contribution in [2.75, 3.05) is 13.6 Å². The lowest BCUT2D eigenvalue weighted by Crippen LogP contribution is -2.22. The van der Waals surface area contributed by atoms with Crippen molar-refractivity contribution in [3.05, 3.63) is 23.0 Å². The summed E-state index contributed by atoms with van der Waals surface area (Å²) < 4.78 is 0. The lowest BCUT2D eigenvalue weighted by atomic mass is 10.1. The monoisotopic (exact) mass is 138 g/mol. The highest BCUT2D eigenvalue weighted by Gasteiger charge is 2.08. The summed E-state index contributed by atoms with van der Waals surface area (Å²) in [7, 11) is 2.06. The van der Waals surface area contributed by atoms with Crippen LogP contribution in [0, 0.1) is 0 Å². The van der Waals surface area contributed by atoms with Crippen molar-refractivity contribution in [3.63, 3.8) is 0 Å². The maximum absolute atomic E-state index is 5.77. The van der Waals surface area contributed by atoms with E-state index in [9.17, 15) is 0 Å². The van der Waals surface area contributed by atoms with Crippen LogP contribution in [0.1, 0.15) is 13.8 Å². The van der Waals surface area contributed by atoms with Crippen LogP contribution in [0.15, 0.2) is 23.0 Å². The van der Waals surface area contributed by atoms with Gasteiger partial charge in [-0.25, -0.2) is 0 Å². The Bertz CT molecular complexity index is 201. The topological polar surface area (TPSA) is 29.3 Å². The number of nitrogens with zero attached hydrogens (tertiary/aromatic N) is 1. The molecule has 0 aromatic heterocycles. The Balaban J connectivity index is 2.90. The first kappa shape index (κ1) is 7.19. The van der Waals surface area contributed by atoms with Gasteiger partial charge in [-0.05, 0) is 25.0 Å². The van der Waals surface area contributed by atoms with Gasteiger partial charge in [-0.2, -0.15) is 0 Å². The fourth-order valence-corrected chi connectivity index (χ4v) is 1.24. The molecule has 0 atom stereocenters. The normalized spacial score (nSPS) is 19.5. The van der Waals surface area contributed by atoms with Gasteiger partial charge < -0.3 is 10.6 Å². The smallest absolute Gasteiger partial charge is 0.0400 e. The molecule has 0 radical (unpaired) electrons. The van der Waals surface area contributed by atoms with Crippen LogP contribution in [0.3, 0.4) is 0 Å². The second kappa shape index (κ2) is 2.37. The minimum atomic E-state index is 0.957. The zero-order valence-electron chi connectivity index (χ0n) is 6.81. The zero-order valence-corrected chi connectivity index (χ0v) is 6.81. The van der Waals surface area contributed by atoms with Crippen LogP contribution in [0.25, 0.3) is 0 Å². The summed E-state index contributed by atoms with van der Waals surface area (Å²) in [5, 5.41) is 0. The number of likely N-dealkylation sites (N-methyl/N-ethyl adjacent to an activating group) is 1. The second-order valence-electron chi connectivity index (χ2n) is 2.92. The predicted octanol–water partition coefficient (Wildman–Crippen LogP) is 1.07. The number of nitrogens with two attached hydrogens (primary N) is 1. The largest absolute Gasteiger partial charge is 0.398 e. The van der Waals surface area contributed by atoms with Crippen LogP contribution in [0.4, 0.5) is 0 Å². The van der Waals surface area contributed by atoms with Crippen LogP contribution >= 0.6 is 0 Å². The molecule has 0 aliphatic carbocycles. The Hall–Kier alpha value is -0.920. The molecule has 2 N–H and O–H groups in total. The molecule has 1 heterocycles. The van der Waals surface area contributed by atoms with Gasteiger partial charge in [0.2, 0.25) is 0 Å². The van der Waals surface area contributed by atoms with Crippen molar-refractivity contribution < 1.29 is 0 Å². The molecule has 0 fully saturated rings. The summed E-state index contributed by atoms with van der Waals surface area (Å²) in [6.45, 7) is 5.07. The summed E-state index contributed by atoms with van der Waals surface area (Å²) >= 11 is 0. The fraction of sp³-hybridized carbons (Fsp3) is 0.500. The van der Waals surface area contributed by atoms with Crippen molar-refractivity contribution >= 4 is 0 Å². The molecule has 1 aliphatic rings. The van der Waals surface area contributed by atoms with Gasteiger partial charge in [-0.3, -0.25) is 0 Å². The Morgan fingerprint density at radius 1 is 1.50 bits per heavy atom. The highest BCUT2D eigenvalue weighted by molar-refractivity contribution is 5.33. The van der Waals surface area contributed by atoms with Crippen molar-refractivity contribution in [2.24, 2.45) is 5.73 Å². The summed E-state index contributed by atoms with van der Waals surface area (Å²) in [5.41, 5.74) is 9.16. The molecule has 10 heavy (non-hydrogen) atoms. The van der Waals surface area contributed by atoms with E-state index < -0.39 is 0 Å². The Morgan fingerprint density at radius 2 is 2.10 bits per heavy atom. The van der Waals surface area contributed by atoms with Crippen LogP contribution in [0.5, 0.6) is 0 Å². The van der Waals surface area contributed by atoms with Gasteiger partial charge in [-0.1, -0.05) is 0 Å². The van der Waals surface area contributed by atoms with Gasteiger partial charge in [-0.15, -0.1) is 0 Å². The summed E-state index contributed by atoms with van der Waals surface area (Å²) in [4.78, 5) is 2.14. The van der Waals surface area contributed by atoms with E-state index in [1.54, 1.807) is 0 Å². The van der Waals surface area contributed by atoms with Gasteiger partial charge in [0, 0.05) is 25.5 Å². The number of hydrogen-bond donors (Lipinski definition) is 1. The first-order valence-corrected chi connectivity index (χ1v) is 3.45. The predicted molar refractivity (Wildman–Crippen MR) is 43.3 cm³/mol. The molecule has 2 nitrogen and oxygen atoms in total. The Labute approximate surface area is 62.0 Å². The fourth-order valence-electron chi connectivity index (χ4n) is 1.24. The van der Waals surface area contributed by atoms with Crippen molar-refractivity contribution in [2.45, 2.75) is 13.8 Å². The molecule has 56 valence electrons. The van der Waals surface area contributed by atoms with Gasteiger partial charge in [0.05, 0.1) is 0 Å². The SMILES string of the molecule is CC1=CN(C)CC(C)=C1N. The van der Waals surface area contributed by atoms with E-state index in [-0.39, 0.29) is 0 Å². The van der Waals surface area contributed by atoms with Gasteiger partial charge in [0.15, 0.2) is 0 Å². The first-order valence-electron chi connectivity index (χ1n) is 3.45.